The molecule has 0 unspecified atom stereocenters. The molecule has 20 heavy (non-hydrogen) atoms. The van der Waals surface area contributed by atoms with E-state index >= 15 is 0 Å². The molecule has 0 saturated heterocycles. The number of benzene rings is 2. The Morgan fingerprint density at radius 1 is 1.20 bits per heavy atom. The van der Waals surface area contributed by atoms with Crippen LogP contribution in [0.4, 0.5) is 0 Å². The molecule has 0 saturated carbocycles. The van der Waals surface area contributed by atoms with Gasteiger partial charge >= 0.3 is 0 Å². The van der Waals surface area contributed by atoms with Gasteiger partial charge in [0.1, 0.15) is 11.5 Å². The summed E-state index contributed by atoms with van der Waals surface area (Å²) >= 11 is 9.55. The first kappa shape index (κ1) is 14.9. The van der Waals surface area contributed by atoms with Gasteiger partial charge in [-0.1, -0.05) is 33.6 Å². The maximum atomic E-state index is 8.95. The summed E-state index contributed by atoms with van der Waals surface area (Å²) in [6.07, 6.45) is 0. The number of aryl methyl sites for hydroxylation is 2. The summed E-state index contributed by atoms with van der Waals surface area (Å²) in [5.74, 6) is 1.46. The lowest BCUT2D eigenvalue weighted by atomic mass is 10.1. The molecule has 0 bridgehead atoms. The summed E-state index contributed by atoms with van der Waals surface area (Å²) in [7, 11) is 0. The lowest BCUT2D eigenvalue weighted by Gasteiger charge is -2.13. The van der Waals surface area contributed by atoms with Crippen LogP contribution in [-0.4, -0.2) is 0 Å². The molecule has 2 aromatic carbocycles. The molecular formula is C16H13BrClNO. The molecule has 0 aromatic heterocycles. The van der Waals surface area contributed by atoms with Crippen molar-refractivity contribution in [1.82, 2.24) is 0 Å². The SMILES string of the molecule is Cc1cc(C#N)cc(C)c1Oc1ccc(CBr)c(Cl)c1. The summed E-state index contributed by atoms with van der Waals surface area (Å²) in [6, 6.07) is 11.4. The van der Waals surface area contributed by atoms with Crippen LogP contribution in [0.1, 0.15) is 22.3 Å². The third-order valence-electron chi connectivity index (χ3n) is 2.98. The topological polar surface area (TPSA) is 33.0 Å². The number of hydrogen-bond donors (Lipinski definition) is 0. The van der Waals surface area contributed by atoms with Crippen molar-refractivity contribution >= 4 is 27.5 Å². The third-order valence-corrected chi connectivity index (χ3v) is 3.93. The Bertz CT molecular complexity index is 668. The maximum absolute atomic E-state index is 8.95. The molecule has 0 heterocycles. The van der Waals surface area contributed by atoms with Gasteiger partial charge in [0.25, 0.3) is 0 Å². The van der Waals surface area contributed by atoms with Gasteiger partial charge in [0.2, 0.25) is 0 Å². The highest BCUT2D eigenvalue weighted by Crippen LogP contribution is 2.32. The van der Waals surface area contributed by atoms with Crippen LogP contribution in [0.2, 0.25) is 5.02 Å². The Morgan fingerprint density at radius 3 is 2.35 bits per heavy atom. The molecule has 2 aromatic rings. The van der Waals surface area contributed by atoms with E-state index in [0.717, 1.165) is 22.4 Å². The zero-order valence-electron chi connectivity index (χ0n) is 11.2. The molecule has 0 aliphatic heterocycles. The van der Waals surface area contributed by atoms with E-state index in [1.807, 2.05) is 38.1 Å². The van der Waals surface area contributed by atoms with Gasteiger partial charge in [0.15, 0.2) is 0 Å². The summed E-state index contributed by atoms with van der Waals surface area (Å²) in [5, 5.41) is 10.3. The van der Waals surface area contributed by atoms with Gasteiger partial charge in [0.05, 0.1) is 11.6 Å². The minimum atomic E-state index is 0.639. The van der Waals surface area contributed by atoms with Crippen LogP contribution < -0.4 is 4.74 Å². The molecule has 2 nitrogen and oxygen atoms in total. The fraction of sp³-hybridized carbons (Fsp3) is 0.188. The predicted octanol–water partition coefficient (Wildman–Crippen LogP) is 5.52. The highest BCUT2D eigenvalue weighted by atomic mass is 79.9. The van der Waals surface area contributed by atoms with E-state index in [1.165, 1.54) is 0 Å². The van der Waals surface area contributed by atoms with Gasteiger partial charge in [-0.3, -0.25) is 0 Å². The normalized spacial score (nSPS) is 10.2. The third kappa shape index (κ3) is 3.15. The number of nitrogens with zero attached hydrogens (tertiary/aromatic N) is 1. The van der Waals surface area contributed by atoms with Crippen LogP contribution in [0.3, 0.4) is 0 Å². The molecule has 4 heteroatoms. The highest BCUT2D eigenvalue weighted by Gasteiger charge is 2.09. The van der Waals surface area contributed by atoms with Crippen molar-refractivity contribution in [2.45, 2.75) is 19.2 Å². The minimum absolute atomic E-state index is 0.639. The van der Waals surface area contributed by atoms with Crippen molar-refractivity contribution in [3.63, 3.8) is 0 Å². The van der Waals surface area contributed by atoms with E-state index in [-0.39, 0.29) is 0 Å². The van der Waals surface area contributed by atoms with Gasteiger partial charge in [-0.05, 0) is 54.8 Å². The number of hydrogen-bond acceptors (Lipinski definition) is 2. The molecule has 0 radical (unpaired) electrons. The second kappa shape index (κ2) is 6.30. The maximum Gasteiger partial charge on any atom is 0.133 e. The summed E-state index contributed by atoms with van der Waals surface area (Å²) in [6.45, 7) is 3.86. The smallest absolute Gasteiger partial charge is 0.133 e. The minimum Gasteiger partial charge on any atom is -0.457 e. The number of halogens is 2. The number of rotatable bonds is 3. The van der Waals surface area contributed by atoms with Gasteiger partial charge in [-0.25, -0.2) is 0 Å². The number of alkyl halides is 1. The lowest BCUT2D eigenvalue weighted by molar-refractivity contribution is 0.475. The van der Waals surface area contributed by atoms with Crippen LogP contribution in [-0.2, 0) is 5.33 Å². The predicted molar refractivity (Wildman–Crippen MR) is 84.8 cm³/mol. The van der Waals surface area contributed by atoms with Gasteiger partial charge < -0.3 is 4.74 Å². The molecule has 102 valence electrons. The fourth-order valence-electron chi connectivity index (χ4n) is 1.99. The standard InChI is InChI=1S/C16H13BrClNO/c1-10-5-12(9-19)6-11(2)16(10)20-14-4-3-13(8-17)15(18)7-14/h3-7H,8H2,1-2H3. The van der Waals surface area contributed by atoms with Crippen LogP contribution >= 0.6 is 27.5 Å². The van der Waals surface area contributed by atoms with Crippen LogP contribution in [0, 0.1) is 25.2 Å². The molecule has 0 N–H and O–H groups in total. The zero-order valence-corrected chi connectivity index (χ0v) is 13.5. The van der Waals surface area contributed by atoms with Crippen molar-refractivity contribution in [1.29, 1.82) is 5.26 Å². The first-order chi connectivity index (χ1) is 9.55. The molecule has 0 aliphatic rings. The number of nitriles is 1. The van der Waals surface area contributed by atoms with Crippen LogP contribution in [0.25, 0.3) is 0 Å². The van der Waals surface area contributed by atoms with Crippen LogP contribution in [0.15, 0.2) is 30.3 Å². The van der Waals surface area contributed by atoms with Gasteiger partial charge in [-0.2, -0.15) is 5.26 Å². The van der Waals surface area contributed by atoms with Gasteiger partial charge in [0, 0.05) is 10.4 Å². The Kier molecular flexibility index (Phi) is 4.69. The molecular weight excluding hydrogens is 338 g/mol. The van der Waals surface area contributed by atoms with Crippen molar-refractivity contribution in [3.05, 3.63) is 57.6 Å². The first-order valence-corrected chi connectivity index (χ1v) is 7.58. The average Bonchev–Trinajstić information content (AvgIpc) is 2.42. The Hall–Kier alpha value is -1.50. The summed E-state index contributed by atoms with van der Waals surface area (Å²) in [4.78, 5) is 0. The molecule has 0 amide bonds. The molecule has 0 aliphatic carbocycles. The van der Waals surface area contributed by atoms with Crippen molar-refractivity contribution in [2.24, 2.45) is 0 Å². The molecule has 2 rings (SSSR count). The zero-order chi connectivity index (χ0) is 14.7. The highest BCUT2D eigenvalue weighted by molar-refractivity contribution is 9.08. The summed E-state index contributed by atoms with van der Waals surface area (Å²) in [5.41, 5.74) is 3.52. The fourth-order valence-corrected chi connectivity index (χ4v) is 2.88. The Morgan fingerprint density at radius 2 is 1.85 bits per heavy atom. The monoisotopic (exact) mass is 349 g/mol. The van der Waals surface area contributed by atoms with E-state index in [9.17, 15) is 0 Å². The van der Waals surface area contributed by atoms with E-state index in [1.54, 1.807) is 6.07 Å². The molecule has 0 fully saturated rings. The van der Waals surface area contributed by atoms with E-state index < -0.39 is 0 Å². The first-order valence-electron chi connectivity index (χ1n) is 6.08. The Labute approximate surface area is 132 Å². The van der Waals surface area contributed by atoms with Crippen molar-refractivity contribution in [2.75, 3.05) is 0 Å². The molecule has 0 atom stereocenters. The van der Waals surface area contributed by atoms with E-state index in [4.69, 9.17) is 21.6 Å². The average molecular weight is 351 g/mol. The second-order valence-electron chi connectivity index (χ2n) is 4.54. The van der Waals surface area contributed by atoms with Crippen LogP contribution in [0.5, 0.6) is 11.5 Å². The van der Waals surface area contributed by atoms with E-state index in [2.05, 4.69) is 22.0 Å². The summed E-state index contributed by atoms with van der Waals surface area (Å²) < 4.78 is 5.91. The second-order valence-corrected chi connectivity index (χ2v) is 5.51. The van der Waals surface area contributed by atoms with Crippen molar-refractivity contribution < 1.29 is 4.74 Å². The molecule has 0 spiro atoms. The van der Waals surface area contributed by atoms with Crippen molar-refractivity contribution in [3.8, 4) is 17.6 Å². The largest absolute Gasteiger partial charge is 0.457 e. The van der Waals surface area contributed by atoms with Gasteiger partial charge in [-0.15, -0.1) is 0 Å². The lowest BCUT2D eigenvalue weighted by Crippen LogP contribution is -1.93. The number of ether oxygens (including phenoxy) is 1. The van der Waals surface area contributed by atoms with E-state index in [0.29, 0.717) is 21.7 Å². The quantitative estimate of drug-likeness (QED) is 0.683. The Balaban J connectivity index is 2.35.